The summed E-state index contributed by atoms with van der Waals surface area (Å²) < 4.78 is 40.6. The number of aromatic nitrogens is 4. The molecule has 0 spiro atoms. The van der Waals surface area contributed by atoms with Crippen molar-refractivity contribution < 1.29 is 13.2 Å². The van der Waals surface area contributed by atoms with Gasteiger partial charge in [-0.05, 0) is 17.7 Å². The fraction of sp³-hybridized carbons (Fsp3) is 0.240. The van der Waals surface area contributed by atoms with Crippen molar-refractivity contribution >= 4 is 0 Å². The summed E-state index contributed by atoms with van der Waals surface area (Å²) in [4.78, 5) is 15.7. The first-order valence-electron chi connectivity index (χ1n) is 10.7. The summed E-state index contributed by atoms with van der Waals surface area (Å²) in [5.41, 5.74) is 4.28. The summed E-state index contributed by atoms with van der Waals surface area (Å²) in [5, 5.41) is 0. The molecule has 1 aliphatic heterocycles. The van der Waals surface area contributed by atoms with Crippen LogP contribution in [0.3, 0.4) is 0 Å². The lowest BCUT2D eigenvalue weighted by Gasteiger charge is -2.28. The van der Waals surface area contributed by atoms with Gasteiger partial charge in [0.25, 0.3) is 0 Å². The molecule has 0 unspecified atom stereocenters. The van der Waals surface area contributed by atoms with Gasteiger partial charge in [-0.15, -0.1) is 0 Å². The Morgan fingerprint density at radius 1 is 0.909 bits per heavy atom. The summed E-state index contributed by atoms with van der Waals surface area (Å²) in [5.74, 6) is 0.455. The van der Waals surface area contributed by atoms with Crippen LogP contribution in [-0.2, 0) is 32.2 Å². The van der Waals surface area contributed by atoms with Crippen LogP contribution in [0, 0.1) is 0 Å². The van der Waals surface area contributed by atoms with Crippen LogP contribution in [0.25, 0.3) is 11.4 Å². The quantitative estimate of drug-likeness (QED) is 0.432. The molecule has 0 bridgehead atoms. The lowest BCUT2D eigenvalue weighted by atomic mass is 10.1. The van der Waals surface area contributed by atoms with Crippen molar-refractivity contribution in [2.24, 2.45) is 0 Å². The van der Waals surface area contributed by atoms with Crippen LogP contribution in [0.4, 0.5) is 13.2 Å². The van der Waals surface area contributed by atoms with Gasteiger partial charge in [-0.1, -0.05) is 42.5 Å². The molecule has 0 fully saturated rings. The number of benzene rings is 2. The number of hydrogen-bond acceptors (Lipinski definition) is 4. The van der Waals surface area contributed by atoms with E-state index in [1.54, 1.807) is 6.20 Å². The molecule has 0 atom stereocenters. The first-order valence-corrected chi connectivity index (χ1v) is 10.7. The van der Waals surface area contributed by atoms with Crippen molar-refractivity contribution in [3.63, 3.8) is 0 Å². The van der Waals surface area contributed by atoms with Crippen molar-refractivity contribution in [3.05, 3.63) is 101 Å². The second-order valence-corrected chi connectivity index (χ2v) is 8.20. The van der Waals surface area contributed by atoms with Gasteiger partial charge in [0.2, 0.25) is 0 Å². The summed E-state index contributed by atoms with van der Waals surface area (Å²) in [6.45, 7) is 3.11. The zero-order chi connectivity index (χ0) is 22.8. The number of fused-ring (bicyclic) bond motifs is 1. The van der Waals surface area contributed by atoms with Gasteiger partial charge >= 0.3 is 6.18 Å². The minimum Gasteiger partial charge on any atom is -0.329 e. The SMILES string of the molecule is FC(F)(F)c1ccc(-c2ncc3c(n2)CCN(Cc2cncn2Cc2ccccc2)C3)cc1. The molecule has 0 aliphatic carbocycles. The van der Waals surface area contributed by atoms with Gasteiger partial charge < -0.3 is 4.57 Å². The Kier molecular flexibility index (Phi) is 5.68. The summed E-state index contributed by atoms with van der Waals surface area (Å²) in [6, 6.07) is 15.3. The summed E-state index contributed by atoms with van der Waals surface area (Å²) in [7, 11) is 0. The van der Waals surface area contributed by atoms with E-state index in [2.05, 4.69) is 36.6 Å². The maximum absolute atomic E-state index is 12.8. The zero-order valence-electron chi connectivity index (χ0n) is 17.8. The van der Waals surface area contributed by atoms with E-state index in [0.29, 0.717) is 11.4 Å². The van der Waals surface area contributed by atoms with Gasteiger partial charge in [-0.2, -0.15) is 13.2 Å². The topological polar surface area (TPSA) is 46.8 Å². The van der Waals surface area contributed by atoms with Gasteiger partial charge in [0.15, 0.2) is 5.82 Å². The molecular weight excluding hydrogens is 427 g/mol. The predicted molar refractivity (Wildman–Crippen MR) is 118 cm³/mol. The fourth-order valence-electron chi connectivity index (χ4n) is 4.09. The highest BCUT2D eigenvalue weighted by Gasteiger charge is 2.30. The Balaban J connectivity index is 1.27. The van der Waals surface area contributed by atoms with Crippen LogP contribution < -0.4 is 0 Å². The molecule has 2 aromatic carbocycles. The van der Waals surface area contributed by atoms with Crippen molar-refractivity contribution in [2.75, 3.05) is 6.54 Å². The lowest BCUT2D eigenvalue weighted by molar-refractivity contribution is -0.137. The Labute approximate surface area is 189 Å². The van der Waals surface area contributed by atoms with Gasteiger partial charge in [0, 0.05) is 56.1 Å². The third-order valence-electron chi connectivity index (χ3n) is 5.86. The normalized spacial score (nSPS) is 14.3. The van der Waals surface area contributed by atoms with E-state index < -0.39 is 11.7 Å². The molecule has 0 amide bonds. The van der Waals surface area contributed by atoms with Gasteiger partial charge in [-0.3, -0.25) is 4.90 Å². The molecule has 0 N–H and O–H groups in total. The average molecular weight is 449 g/mol. The molecule has 0 radical (unpaired) electrons. The van der Waals surface area contributed by atoms with Crippen molar-refractivity contribution in [1.29, 1.82) is 0 Å². The summed E-state index contributed by atoms with van der Waals surface area (Å²) in [6.07, 6.45) is 1.97. The van der Waals surface area contributed by atoms with Crippen LogP contribution in [0.1, 0.15) is 28.1 Å². The average Bonchev–Trinajstić information content (AvgIpc) is 3.25. The van der Waals surface area contributed by atoms with E-state index in [9.17, 15) is 13.2 Å². The number of nitrogens with zero attached hydrogens (tertiary/aromatic N) is 5. The van der Waals surface area contributed by atoms with Gasteiger partial charge in [-0.25, -0.2) is 15.0 Å². The molecule has 0 saturated carbocycles. The minimum absolute atomic E-state index is 0.455. The summed E-state index contributed by atoms with van der Waals surface area (Å²) >= 11 is 0. The Morgan fingerprint density at radius 3 is 2.45 bits per heavy atom. The van der Waals surface area contributed by atoms with E-state index in [-0.39, 0.29) is 0 Å². The van der Waals surface area contributed by atoms with Crippen LogP contribution in [0.5, 0.6) is 0 Å². The molecule has 168 valence electrons. The number of halogens is 3. The lowest BCUT2D eigenvalue weighted by Crippen LogP contribution is -2.31. The number of rotatable bonds is 5. The van der Waals surface area contributed by atoms with Crippen molar-refractivity contribution in [1.82, 2.24) is 24.4 Å². The van der Waals surface area contributed by atoms with E-state index in [0.717, 1.165) is 61.7 Å². The van der Waals surface area contributed by atoms with E-state index in [4.69, 9.17) is 0 Å². The maximum Gasteiger partial charge on any atom is 0.416 e. The number of hydrogen-bond donors (Lipinski definition) is 0. The van der Waals surface area contributed by atoms with E-state index >= 15 is 0 Å². The highest BCUT2D eigenvalue weighted by Crippen LogP contribution is 2.30. The van der Waals surface area contributed by atoms with Crippen molar-refractivity contribution in [2.45, 2.75) is 32.2 Å². The second kappa shape index (κ2) is 8.78. The van der Waals surface area contributed by atoms with Crippen LogP contribution in [-0.4, -0.2) is 31.0 Å². The third kappa shape index (κ3) is 4.80. The van der Waals surface area contributed by atoms with Crippen LogP contribution in [0.2, 0.25) is 0 Å². The zero-order valence-corrected chi connectivity index (χ0v) is 17.8. The largest absolute Gasteiger partial charge is 0.416 e. The first kappa shape index (κ1) is 21.3. The predicted octanol–water partition coefficient (Wildman–Crippen LogP) is 4.97. The molecule has 4 aromatic rings. The highest BCUT2D eigenvalue weighted by atomic mass is 19.4. The fourth-order valence-corrected chi connectivity index (χ4v) is 4.09. The molecule has 3 heterocycles. The third-order valence-corrected chi connectivity index (χ3v) is 5.86. The van der Waals surface area contributed by atoms with Gasteiger partial charge in [0.05, 0.1) is 23.3 Å². The number of alkyl halides is 3. The maximum atomic E-state index is 12.8. The Morgan fingerprint density at radius 2 is 1.70 bits per heavy atom. The Bertz CT molecular complexity index is 1230. The van der Waals surface area contributed by atoms with E-state index in [1.165, 1.54) is 17.7 Å². The second-order valence-electron chi connectivity index (χ2n) is 8.20. The highest BCUT2D eigenvalue weighted by molar-refractivity contribution is 5.56. The molecule has 0 saturated heterocycles. The standard InChI is InChI=1S/C25H22F3N5/c26-25(27,28)21-8-6-19(7-9-21)24-30-12-20-15-32(11-10-23(20)31-24)16-22-13-29-17-33(22)14-18-4-2-1-3-5-18/h1-9,12-13,17H,10-11,14-16H2. The minimum atomic E-state index is -4.35. The van der Waals surface area contributed by atoms with Crippen LogP contribution in [0.15, 0.2) is 73.3 Å². The molecule has 33 heavy (non-hydrogen) atoms. The smallest absolute Gasteiger partial charge is 0.329 e. The molecule has 2 aromatic heterocycles. The number of imidazole rings is 1. The molecule has 5 nitrogen and oxygen atoms in total. The molecule has 8 heteroatoms. The van der Waals surface area contributed by atoms with Gasteiger partial charge in [0.1, 0.15) is 0 Å². The monoisotopic (exact) mass is 449 g/mol. The van der Waals surface area contributed by atoms with Crippen molar-refractivity contribution in [3.8, 4) is 11.4 Å². The van der Waals surface area contributed by atoms with Crippen LogP contribution >= 0.6 is 0 Å². The Hall–Kier alpha value is -3.52. The molecule has 5 rings (SSSR count). The molecule has 1 aliphatic rings. The first-order chi connectivity index (χ1) is 16.0. The van der Waals surface area contributed by atoms with E-state index in [1.807, 2.05) is 30.7 Å². The molecular formula is C25H22F3N5.